The molecule has 1 aliphatic heterocycles. The van der Waals surface area contributed by atoms with E-state index in [-0.39, 0.29) is 5.91 Å². The van der Waals surface area contributed by atoms with Crippen molar-refractivity contribution in [2.24, 2.45) is 0 Å². The van der Waals surface area contributed by atoms with E-state index < -0.39 is 0 Å². The number of hydrogen-bond acceptors (Lipinski definition) is 4. The van der Waals surface area contributed by atoms with Gasteiger partial charge in [0.15, 0.2) is 4.32 Å². The maximum atomic E-state index is 13.2. The highest BCUT2D eigenvalue weighted by atomic mass is 35.5. The van der Waals surface area contributed by atoms with E-state index in [1.54, 1.807) is 4.90 Å². The maximum absolute atomic E-state index is 13.2. The van der Waals surface area contributed by atoms with Crippen molar-refractivity contribution in [3.05, 3.63) is 99.4 Å². The first kappa shape index (κ1) is 23.6. The van der Waals surface area contributed by atoms with Crippen molar-refractivity contribution in [2.45, 2.75) is 32.8 Å². The number of carbonyl (C=O) groups excluding carboxylic acids is 1. The standard InChI is InChI=1S/C27H24ClNO2S2/c1-2-3-6-19-11-15-23(16-12-19)29-26(30)25(33-27(29)32)17-21-7-4-5-8-24(21)31-18-20-9-13-22(28)14-10-20/h4-5,7-17H,2-3,6,18H2,1H3/b25-17-. The third kappa shape index (κ3) is 5.85. The van der Waals surface area contributed by atoms with Crippen LogP contribution in [0.2, 0.25) is 5.02 Å². The Morgan fingerprint density at radius 3 is 2.42 bits per heavy atom. The number of ether oxygens (including phenoxy) is 1. The Morgan fingerprint density at radius 1 is 1.00 bits per heavy atom. The second-order valence-electron chi connectivity index (χ2n) is 7.74. The summed E-state index contributed by atoms with van der Waals surface area (Å²) in [4.78, 5) is 15.4. The number of carbonyl (C=O) groups is 1. The average molecular weight is 494 g/mol. The zero-order chi connectivity index (χ0) is 23.2. The molecule has 0 radical (unpaired) electrons. The molecule has 0 spiro atoms. The molecule has 168 valence electrons. The lowest BCUT2D eigenvalue weighted by molar-refractivity contribution is -0.113. The van der Waals surface area contributed by atoms with E-state index in [1.165, 1.54) is 17.3 Å². The number of aryl methyl sites for hydroxylation is 1. The van der Waals surface area contributed by atoms with Gasteiger partial charge in [0.25, 0.3) is 5.91 Å². The Labute approximate surface area is 209 Å². The fourth-order valence-electron chi connectivity index (χ4n) is 3.50. The Balaban J connectivity index is 1.51. The van der Waals surface area contributed by atoms with Gasteiger partial charge in [-0.1, -0.05) is 91.4 Å². The largest absolute Gasteiger partial charge is 0.488 e. The van der Waals surface area contributed by atoms with Gasteiger partial charge in [0, 0.05) is 10.6 Å². The van der Waals surface area contributed by atoms with Crippen LogP contribution in [0.5, 0.6) is 5.75 Å². The Morgan fingerprint density at radius 2 is 1.70 bits per heavy atom. The second kappa shape index (κ2) is 11.0. The predicted molar refractivity (Wildman–Crippen MR) is 143 cm³/mol. The molecule has 6 heteroatoms. The number of para-hydroxylation sites is 1. The molecule has 4 rings (SSSR count). The second-order valence-corrected chi connectivity index (χ2v) is 9.85. The summed E-state index contributed by atoms with van der Waals surface area (Å²) in [5.74, 6) is 0.594. The summed E-state index contributed by atoms with van der Waals surface area (Å²) in [5, 5.41) is 0.691. The summed E-state index contributed by atoms with van der Waals surface area (Å²) in [5.41, 5.74) is 3.92. The van der Waals surface area contributed by atoms with Crippen LogP contribution in [0.1, 0.15) is 36.5 Å². The molecular weight excluding hydrogens is 470 g/mol. The van der Waals surface area contributed by atoms with Gasteiger partial charge >= 0.3 is 0 Å². The highest BCUT2D eigenvalue weighted by Gasteiger charge is 2.33. The number of benzene rings is 3. The molecule has 0 unspecified atom stereocenters. The lowest BCUT2D eigenvalue weighted by atomic mass is 10.1. The molecule has 3 nitrogen and oxygen atoms in total. The van der Waals surface area contributed by atoms with Crippen molar-refractivity contribution in [2.75, 3.05) is 4.90 Å². The number of hydrogen-bond donors (Lipinski definition) is 0. The van der Waals surface area contributed by atoms with E-state index in [4.69, 9.17) is 28.6 Å². The van der Waals surface area contributed by atoms with Gasteiger partial charge < -0.3 is 4.74 Å². The third-order valence-electron chi connectivity index (χ3n) is 5.32. The monoisotopic (exact) mass is 493 g/mol. The zero-order valence-corrected chi connectivity index (χ0v) is 20.7. The molecule has 0 atom stereocenters. The molecule has 1 aliphatic rings. The Hall–Kier alpha value is -2.60. The van der Waals surface area contributed by atoms with Crippen molar-refractivity contribution in [3.63, 3.8) is 0 Å². The van der Waals surface area contributed by atoms with Crippen LogP contribution in [0.15, 0.2) is 77.7 Å². The van der Waals surface area contributed by atoms with Crippen molar-refractivity contribution in [1.82, 2.24) is 0 Å². The van der Waals surface area contributed by atoms with Gasteiger partial charge in [0.05, 0.1) is 10.6 Å². The first-order chi connectivity index (χ1) is 16.0. The van der Waals surface area contributed by atoms with Crippen LogP contribution >= 0.6 is 35.6 Å². The molecule has 1 saturated heterocycles. The maximum Gasteiger partial charge on any atom is 0.270 e. The van der Waals surface area contributed by atoms with Crippen molar-refractivity contribution >= 4 is 57.6 Å². The average Bonchev–Trinajstić information content (AvgIpc) is 3.11. The normalized spacial score (nSPS) is 14.8. The van der Waals surface area contributed by atoms with E-state index in [1.807, 2.05) is 66.7 Å². The first-order valence-electron chi connectivity index (χ1n) is 10.9. The number of amides is 1. The van der Waals surface area contributed by atoms with Crippen molar-refractivity contribution in [3.8, 4) is 5.75 Å². The van der Waals surface area contributed by atoms with Crippen molar-refractivity contribution in [1.29, 1.82) is 0 Å². The number of anilines is 1. The van der Waals surface area contributed by atoms with Gasteiger partial charge in [0.2, 0.25) is 0 Å². The first-order valence-corrected chi connectivity index (χ1v) is 12.5. The Bertz CT molecular complexity index is 1170. The highest BCUT2D eigenvalue weighted by molar-refractivity contribution is 8.27. The Kier molecular flexibility index (Phi) is 7.86. The number of rotatable bonds is 8. The van der Waals surface area contributed by atoms with Gasteiger partial charge in [0.1, 0.15) is 12.4 Å². The molecule has 1 heterocycles. The highest BCUT2D eigenvalue weighted by Crippen LogP contribution is 2.37. The number of thiocarbonyl (C=S) groups is 1. The summed E-state index contributed by atoms with van der Waals surface area (Å²) < 4.78 is 6.57. The minimum atomic E-state index is -0.112. The van der Waals surface area contributed by atoms with Crippen LogP contribution in [0.25, 0.3) is 6.08 Å². The minimum Gasteiger partial charge on any atom is -0.488 e. The van der Waals surface area contributed by atoms with Crippen LogP contribution in [0.3, 0.4) is 0 Å². The van der Waals surface area contributed by atoms with Gasteiger partial charge in [-0.25, -0.2) is 0 Å². The lowest BCUT2D eigenvalue weighted by Crippen LogP contribution is -2.27. The topological polar surface area (TPSA) is 29.5 Å². The third-order valence-corrected chi connectivity index (χ3v) is 6.87. The zero-order valence-electron chi connectivity index (χ0n) is 18.3. The lowest BCUT2D eigenvalue weighted by Gasteiger charge is -2.15. The smallest absolute Gasteiger partial charge is 0.270 e. The van der Waals surface area contributed by atoms with Crippen LogP contribution < -0.4 is 9.64 Å². The summed E-state index contributed by atoms with van der Waals surface area (Å²) in [7, 11) is 0. The molecule has 0 aromatic heterocycles. The summed E-state index contributed by atoms with van der Waals surface area (Å²) in [6.45, 7) is 2.59. The van der Waals surface area contributed by atoms with Gasteiger partial charge in [-0.3, -0.25) is 9.69 Å². The van der Waals surface area contributed by atoms with Crippen LogP contribution in [-0.2, 0) is 17.8 Å². The summed E-state index contributed by atoms with van der Waals surface area (Å²) in [6, 6.07) is 23.3. The molecule has 0 saturated carbocycles. The number of halogens is 1. The van der Waals surface area contributed by atoms with Crippen molar-refractivity contribution < 1.29 is 9.53 Å². The molecule has 1 fully saturated rings. The summed E-state index contributed by atoms with van der Waals surface area (Å²) >= 11 is 12.8. The molecule has 3 aromatic rings. The van der Waals surface area contributed by atoms with Crippen LogP contribution in [-0.4, -0.2) is 10.2 Å². The van der Waals surface area contributed by atoms with Gasteiger partial charge in [-0.2, -0.15) is 0 Å². The van der Waals surface area contributed by atoms with E-state index >= 15 is 0 Å². The molecule has 0 bridgehead atoms. The van der Waals surface area contributed by atoms with Gasteiger partial charge in [-0.15, -0.1) is 0 Å². The molecule has 3 aromatic carbocycles. The fourth-order valence-corrected chi connectivity index (χ4v) is 4.91. The number of thioether (sulfide) groups is 1. The van der Waals surface area contributed by atoms with Gasteiger partial charge in [-0.05, 0) is 60.4 Å². The number of nitrogens with zero attached hydrogens (tertiary/aromatic N) is 1. The number of unbranched alkanes of at least 4 members (excludes halogenated alkanes) is 1. The van der Waals surface area contributed by atoms with E-state index in [0.29, 0.717) is 26.6 Å². The summed E-state index contributed by atoms with van der Waals surface area (Å²) in [6.07, 6.45) is 5.21. The van der Waals surface area contributed by atoms with E-state index in [9.17, 15) is 4.79 Å². The predicted octanol–water partition coefficient (Wildman–Crippen LogP) is 7.67. The molecule has 0 N–H and O–H groups in total. The van der Waals surface area contributed by atoms with Crippen LogP contribution in [0, 0.1) is 0 Å². The quantitative estimate of drug-likeness (QED) is 0.238. The van der Waals surface area contributed by atoms with Crippen LogP contribution in [0.4, 0.5) is 5.69 Å². The molecular formula is C27H24ClNO2S2. The molecule has 0 aliphatic carbocycles. The fraction of sp³-hybridized carbons (Fsp3) is 0.185. The van der Waals surface area contributed by atoms with E-state index in [2.05, 4.69) is 19.1 Å². The van der Waals surface area contributed by atoms with E-state index in [0.717, 1.165) is 36.1 Å². The molecule has 33 heavy (non-hydrogen) atoms. The minimum absolute atomic E-state index is 0.112. The SMILES string of the molecule is CCCCc1ccc(N2C(=O)/C(=C/c3ccccc3OCc3ccc(Cl)cc3)SC2=S)cc1. The molecule has 1 amide bonds.